The van der Waals surface area contributed by atoms with E-state index < -0.39 is 19.0 Å². The third kappa shape index (κ3) is 4.86. The molecule has 19 heavy (non-hydrogen) atoms. The summed E-state index contributed by atoms with van der Waals surface area (Å²) < 4.78 is 54.1. The van der Waals surface area contributed by atoms with Gasteiger partial charge in [-0.3, -0.25) is 0 Å². The second kappa shape index (κ2) is 6.93. The Kier molecular flexibility index (Phi) is 5.85. The van der Waals surface area contributed by atoms with Crippen LogP contribution in [0.5, 0.6) is 5.88 Å². The lowest BCUT2D eigenvalue weighted by molar-refractivity contribution is -0.148. The van der Waals surface area contributed by atoms with Gasteiger partial charge in [0, 0.05) is 17.6 Å². The highest BCUT2D eigenvalue weighted by Crippen LogP contribution is 2.24. The van der Waals surface area contributed by atoms with Crippen molar-refractivity contribution in [3.05, 3.63) is 23.4 Å². The zero-order chi connectivity index (χ0) is 14.5. The van der Waals surface area contributed by atoms with E-state index >= 15 is 0 Å². The maximum Gasteiger partial charge on any atom is 0.340 e. The molecule has 1 rings (SSSR count). The maximum atomic E-state index is 12.7. The molecule has 0 amide bonds. The van der Waals surface area contributed by atoms with Crippen molar-refractivity contribution in [2.75, 3.05) is 6.61 Å². The normalized spacial score (nSPS) is 11.9. The molecule has 0 aliphatic carbocycles. The van der Waals surface area contributed by atoms with E-state index in [1.54, 1.807) is 6.07 Å². The fourth-order valence-electron chi connectivity index (χ4n) is 1.39. The van der Waals surface area contributed by atoms with Crippen LogP contribution in [0.2, 0.25) is 0 Å². The minimum absolute atomic E-state index is 0.109. The van der Waals surface area contributed by atoms with Gasteiger partial charge in [-0.2, -0.15) is 8.78 Å². The number of nitrogens with zero attached hydrogens (tertiary/aromatic N) is 1. The predicted octanol–water partition coefficient (Wildman–Crippen LogP) is 4.05. The first-order chi connectivity index (χ1) is 8.89. The van der Waals surface area contributed by atoms with Crippen LogP contribution in [0.3, 0.4) is 0 Å². The van der Waals surface area contributed by atoms with Crippen molar-refractivity contribution in [1.29, 1.82) is 0 Å². The third-order valence-corrected chi connectivity index (χ3v) is 2.62. The zero-order valence-electron chi connectivity index (χ0n) is 10.3. The fraction of sp³-hybridized carbons (Fsp3) is 0.583. The van der Waals surface area contributed by atoms with Crippen molar-refractivity contribution in [1.82, 2.24) is 4.98 Å². The van der Waals surface area contributed by atoms with E-state index in [0.29, 0.717) is 17.7 Å². The topological polar surface area (TPSA) is 22.1 Å². The highest BCUT2D eigenvalue weighted by atomic mass is 35.5. The van der Waals surface area contributed by atoms with Gasteiger partial charge in [0.05, 0.1) is 0 Å². The Bertz CT molecular complexity index is 415. The number of aromatic nitrogens is 1. The summed E-state index contributed by atoms with van der Waals surface area (Å²) in [5.74, 6) is -4.13. The molecule has 7 heteroatoms. The van der Waals surface area contributed by atoms with Crippen molar-refractivity contribution < 1.29 is 22.3 Å². The molecule has 0 aromatic carbocycles. The van der Waals surface area contributed by atoms with Gasteiger partial charge in [-0.05, 0) is 18.1 Å². The minimum atomic E-state index is -4.19. The first kappa shape index (κ1) is 16.0. The van der Waals surface area contributed by atoms with Gasteiger partial charge in [0.1, 0.15) is 0 Å². The molecule has 1 aromatic rings. The number of hydrogen-bond acceptors (Lipinski definition) is 2. The van der Waals surface area contributed by atoms with E-state index in [1.165, 1.54) is 6.07 Å². The first-order valence-electron chi connectivity index (χ1n) is 5.73. The molecule has 2 nitrogen and oxygen atoms in total. The van der Waals surface area contributed by atoms with Gasteiger partial charge in [-0.25, -0.2) is 13.8 Å². The van der Waals surface area contributed by atoms with Crippen molar-refractivity contribution in [2.24, 2.45) is 0 Å². The van der Waals surface area contributed by atoms with Crippen LogP contribution in [0.15, 0.2) is 12.1 Å². The first-order valence-corrected chi connectivity index (χ1v) is 6.27. The molecule has 0 fully saturated rings. The van der Waals surface area contributed by atoms with E-state index in [4.69, 9.17) is 11.6 Å². The van der Waals surface area contributed by atoms with Gasteiger partial charge >= 0.3 is 12.3 Å². The Morgan fingerprint density at radius 2 is 2.05 bits per heavy atom. The number of aryl methyl sites for hydroxylation is 1. The average Bonchev–Trinajstić information content (AvgIpc) is 2.36. The zero-order valence-corrected chi connectivity index (χ0v) is 11.1. The molecule has 0 saturated carbocycles. The average molecular weight is 300 g/mol. The largest absolute Gasteiger partial charge is 0.471 e. The summed E-state index contributed by atoms with van der Waals surface area (Å²) in [6.45, 7) is 0.523. The Labute approximate surface area is 113 Å². The standard InChI is InChI=1S/C12H14ClF4NO/c1-2-3-9-4-8(6-13)5-10(18-9)19-7-12(16,17)11(14)15/h4-5,11H,2-3,6-7H2,1H3. The molecule has 0 N–H and O–H groups in total. The minimum Gasteiger partial charge on any atom is -0.471 e. The Morgan fingerprint density at radius 3 is 2.58 bits per heavy atom. The van der Waals surface area contributed by atoms with Crippen molar-refractivity contribution in [2.45, 2.75) is 38.0 Å². The summed E-state index contributed by atoms with van der Waals surface area (Å²) in [6, 6.07) is 3.10. The van der Waals surface area contributed by atoms with Gasteiger partial charge in [-0.1, -0.05) is 13.3 Å². The Hall–Kier alpha value is -1.04. The SMILES string of the molecule is CCCc1cc(CCl)cc(OCC(F)(F)C(F)F)n1. The van der Waals surface area contributed by atoms with E-state index in [9.17, 15) is 17.6 Å². The Balaban J connectivity index is 2.80. The van der Waals surface area contributed by atoms with Crippen molar-refractivity contribution in [3.8, 4) is 5.88 Å². The molecule has 0 aliphatic heterocycles. The molecule has 0 bridgehead atoms. The van der Waals surface area contributed by atoms with Crippen LogP contribution in [0.25, 0.3) is 0 Å². The van der Waals surface area contributed by atoms with Crippen LogP contribution in [0, 0.1) is 0 Å². The smallest absolute Gasteiger partial charge is 0.340 e. The summed E-state index contributed by atoms with van der Waals surface area (Å²) in [5, 5.41) is 0. The van der Waals surface area contributed by atoms with E-state index in [0.717, 1.165) is 6.42 Å². The number of halogens is 5. The van der Waals surface area contributed by atoms with Crippen LogP contribution < -0.4 is 4.74 Å². The number of rotatable bonds is 7. The Morgan fingerprint density at radius 1 is 1.37 bits per heavy atom. The van der Waals surface area contributed by atoms with Crippen LogP contribution >= 0.6 is 11.6 Å². The quantitative estimate of drug-likeness (QED) is 0.560. The number of ether oxygens (including phenoxy) is 1. The van der Waals surface area contributed by atoms with Crippen LogP contribution in [0.4, 0.5) is 17.6 Å². The predicted molar refractivity (Wildman–Crippen MR) is 64.2 cm³/mol. The van der Waals surface area contributed by atoms with E-state index in [1.807, 2.05) is 6.92 Å². The second-order valence-electron chi connectivity index (χ2n) is 4.04. The van der Waals surface area contributed by atoms with Crippen molar-refractivity contribution >= 4 is 11.6 Å². The summed E-state index contributed by atoms with van der Waals surface area (Å²) in [5.41, 5.74) is 1.28. The lowest BCUT2D eigenvalue weighted by Crippen LogP contribution is -2.34. The highest BCUT2D eigenvalue weighted by Gasteiger charge is 2.41. The van der Waals surface area contributed by atoms with Crippen LogP contribution in [0.1, 0.15) is 24.6 Å². The number of alkyl halides is 5. The highest BCUT2D eigenvalue weighted by molar-refractivity contribution is 6.17. The summed E-state index contributed by atoms with van der Waals surface area (Å²) in [6.07, 6.45) is -2.32. The molecule has 0 radical (unpaired) electrons. The van der Waals surface area contributed by atoms with E-state index in [2.05, 4.69) is 9.72 Å². The molecule has 0 spiro atoms. The third-order valence-electron chi connectivity index (χ3n) is 2.31. The van der Waals surface area contributed by atoms with Crippen LogP contribution in [-0.4, -0.2) is 23.9 Å². The molecule has 0 atom stereocenters. The van der Waals surface area contributed by atoms with Crippen LogP contribution in [-0.2, 0) is 12.3 Å². The monoisotopic (exact) mass is 299 g/mol. The van der Waals surface area contributed by atoms with Gasteiger partial charge in [-0.15, -0.1) is 11.6 Å². The molecule has 108 valence electrons. The molecular weight excluding hydrogens is 286 g/mol. The van der Waals surface area contributed by atoms with Gasteiger partial charge in [0.25, 0.3) is 0 Å². The summed E-state index contributed by atoms with van der Waals surface area (Å²) in [4.78, 5) is 3.97. The molecule has 0 unspecified atom stereocenters. The number of pyridine rings is 1. The summed E-state index contributed by atoms with van der Waals surface area (Å²) >= 11 is 5.66. The molecule has 1 aromatic heterocycles. The molecular formula is C12H14ClF4NO. The maximum absolute atomic E-state index is 12.7. The second-order valence-corrected chi connectivity index (χ2v) is 4.31. The fourth-order valence-corrected chi connectivity index (χ4v) is 1.54. The van der Waals surface area contributed by atoms with Crippen molar-refractivity contribution in [3.63, 3.8) is 0 Å². The molecule has 0 saturated heterocycles. The molecule has 1 heterocycles. The van der Waals surface area contributed by atoms with Gasteiger partial charge in [0.2, 0.25) is 5.88 Å². The summed E-state index contributed by atoms with van der Waals surface area (Å²) in [7, 11) is 0. The van der Waals surface area contributed by atoms with Gasteiger partial charge < -0.3 is 4.74 Å². The van der Waals surface area contributed by atoms with Gasteiger partial charge in [0.15, 0.2) is 6.61 Å². The molecule has 0 aliphatic rings. The lowest BCUT2D eigenvalue weighted by Gasteiger charge is -2.16. The van der Waals surface area contributed by atoms with E-state index in [-0.39, 0.29) is 11.8 Å². The lowest BCUT2D eigenvalue weighted by atomic mass is 10.2. The number of hydrogen-bond donors (Lipinski definition) is 0.